The molecule has 3 aromatic rings. The van der Waals surface area contributed by atoms with E-state index in [0.29, 0.717) is 19.9 Å². The third kappa shape index (κ3) is 4.42. The van der Waals surface area contributed by atoms with Crippen LogP contribution in [0.4, 0.5) is 13.2 Å². The quantitative estimate of drug-likeness (QED) is 0.385. The van der Waals surface area contributed by atoms with Gasteiger partial charge < -0.3 is 5.11 Å². The van der Waals surface area contributed by atoms with Gasteiger partial charge in [0.15, 0.2) is 5.69 Å². The molecule has 1 aromatic carbocycles. The largest absolute Gasteiger partial charge is 0.476 e. The predicted octanol–water partition coefficient (Wildman–Crippen LogP) is 6.59. The number of thiazole rings is 1. The van der Waals surface area contributed by atoms with Crippen LogP contribution >= 0.6 is 39.0 Å². The second-order valence-electron chi connectivity index (χ2n) is 6.81. The molecule has 1 N–H and O–H groups in total. The Kier molecular flexibility index (Phi) is 6.35. The highest BCUT2D eigenvalue weighted by molar-refractivity contribution is 9.10. The molecule has 0 saturated carbocycles. The number of nitrogens with zero attached hydrogens (tertiary/aromatic N) is 3. The molecule has 0 spiro atoms. The first-order chi connectivity index (χ1) is 13.9. The highest BCUT2D eigenvalue weighted by atomic mass is 79.9. The van der Waals surface area contributed by atoms with E-state index >= 15 is 0 Å². The summed E-state index contributed by atoms with van der Waals surface area (Å²) in [5.41, 5.74) is 0.142. The van der Waals surface area contributed by atoms with Gasteiger partial charge in [0.1, 0.15) is 0 Å². The van der Waals surface area contributed by atoms with Gasteiger partial charge in [-0.2, -0.15) is 23.0 Å². The molecule has 0 saturated heterocycles. The van der Waals surface area contributed by atoms with E-state index in [2.05, 4.69) is 26.0 Å². The lowest BCUT2D eigenvalue weighted by atomic mass is 10.0. The fourth-order valence-corrected chi connectivity index (χ4v) is 5.66. The van der Waals surface area contributed by atoms with Gasteiger partial charge in [-0.05, 0) is 35.8 Å². The number of thioether (sulfide) groups is 1. The molecule has 0 aliphatic carbocycles. The maximum atomic E-state index is 13.7. The van der Waals surface area contributed by atoms with E-state index in [1.807, 2.05) is 13.8 Å². The van der Waals surface area contributed by atoms with E-state index in [4.69, 9.17) is 0 Å². The topological polar surface area (TPSA) is 68.0 Å². The molecular formula is C19H17BrF3N3O2S2. The second-order valence-corrected chi connectivity index (χ2v) is 10.4. The number of benzene rings is 1. The van der Waals surface area contributed by atoms with Crippen molar-refractivity contribution in [3.63, 3.8) is 0 Å². The number of hydrogen-bond acceptors (Lipinski definition) is 5. The number of aromatic nitrogens is 3. The maximum Gasteiger partial charge on any atom is 0.417 e. The molecule has 5 nitrogen and oxygen atoms in total. The minimum absolute atomic E-state index is 0.0430. The van der Waals surface area contributed by atoms with E-state index in [1.165, 1.54) is 17.8 Å². The Hall–Kier alpha value is -1.85. The molecule has 30 heavy (non-hydrogen) atoms. The molecule has 3 rings (SSSR count). The van der Waals surface area contributed by atoms with Gasteiger partial charge in [0.25, 0.3) is 0 Å². The van der Waals surface area contributed by atoms with Crippen LogP contribution in [0.1, 0.15) is 41.2 Å². The van der Waals surface area contributed by atoms with Crippen molar-refractivity contribution in [3.05, 3.63) is 45.2 Å². The van der Waals surface area contributed by atoms with Crippen LogP contribution in [0.2, 0.25) is 0 Å². The van der Waals surface area contributed by atoms with Crippen LogP contribution in [0.15, 0.2) is 26.9 Å². The summed E-state index contributed by atoms with van der Waals surface area (Å²) in [6.07, 6.45) is -4.55. The second kappa shape index (κ2) is 8.35. The Bertz CT molecular complexity index is 1120. The van der Waals surface area contributed by atoms with Gasteiger partial charge in [-0.1, -0.05) is 42.9 Å². The van der Waals surface area contributed by atoms with Crippen molar-refractivity contribution in [3.8, 4) is 16.4 Å². The van der Waals surface area contributed by atoms with Gasteiger partial charge in [-0.15, -0.1) is 11.8 Å². The number of hydrogen-bond donors (Lipinski definition) is 1. The minimum atomic E-state index is -4.55. The first-order valence-corrected chi connectivity index (χ1v) is 11.2. The molecule has 0 unspecified atom stereocenters. The van der Waals surface area contributed by atoms with E-state index in [9.17, 15) is 23.1 Å². The monoisotopic (exact) mass is 519 g/mol. The summed E-state index contributed by atoms with van der Waals surface area (Å²) in [5, 5.41) is 14.1. The van der Waals surface area contributed by atoms with Crippen LogP contribution in [0.5, 0.6) is 0 Å². The fraction of sp³-hybridized carbons (Fsp3) is 0.316. The molecule has 0 fully saturated rings. The van der Waals surface area contributed by atoms with Crippen LogP contribution < -0.4 is 0 Å². The summed E-state index contributed by atoms with van der Waals surface area (Å²) in [7, 11) is 0. The summed E-state index contributed by atoms with van der Waals surface area (Å²) < 4.78 is 43.2. The van der Waals surface area contributed by atoms with Crippen molar-refractivity contribution in [1.82, 2.24) is 14.8 Å². The summed E-state index contributed by atoms with van der Waals surface area (Å²) in [4.78, 5) is 16.1. The Balaban J connectivity index is 2.28. The van der Waals surface area contributed by atoms with Crippen LogP contribution in [0.3, 0.4) is 0 Å². The molecule has 2 aromatic heterocycles. The molecule has 0 aliphatic rings. The molecule has 0 aliphatic heterocycles. The first kappa shape index (κ1) is 22.8. The van der Waals surface area contributed by atoms with E-state index in [1.54, 1.807) is 19.9 Å². The van der Waals surface area contributed by atoms with Crippen molar-refractivity contribution in [2.75, 3.05) is 0 Å². The molecule has 11 heteroatoms. The SMILES string of the molecule is Cc1ccc(-c2nc(-n3nc(C)c(Br)c3C(=O)O)sc2SC(C)C)c(C(F)(F)F)c1. The normalized spacial score (nSPS) is 12.0. The minimum Gasteiger partial charge on any atom is -0.476 e. The van der Waals surface area contributed by atoms with E-state index in [-0.39, 0.29) is 27.3 Å². The van der Waals surface area contributed by atoms with Crippen LogP contribution in [-0.4, -0.2) is 31.1 Å². The van der Waals surface area contributed by atoms with Gasteiger partial charge in [-0.25, -0.2) is 9.78 Å². The smallest absolute Gasteiger partial charge is 0.417 e. The van der Waals surface area contributed by atoms with Gasteiger partial charge >= 0.3 is 12.1 Å². The summed E-state index contributed by atoms with van der Waals surface area (Å²) in [5.74, 6) is -1.22. The average Bonchev–Trinajstić information content (AvgIpc) is 3.15. The Morgan fingerprint density at radius 2 is 1.97 bits per heavy atom. The van der Waals surface area contributed by atoms with Gasteiger partial charge in [0.05, 0.1) is 25.6 Å². The fourth-order valence-electron chi connectivity index (χ4n) is 2.78. The number of carboxylic acids is 1. The molecule has 0 amide bonds. The summed E-state index contributed by atoms with van der Waals surface area (Å²) >= 11 is 5.70. The van der Waals surface area contributed by atoms with E-state index < -0.39 is 17.7 Å². The lowest BCUT2D eigenvalue weighted by Gasteiger charge is -2.13. The number of alkyl halides is 3. The predicted molar refractivity (Wildman–Crippen MR) is 115 cm³/mol. The van der Waals surface area contributed by atoms with Crippen molar-refractivity contribution in [2.24, 2.45) is 0 Å². The highest BCUT2D eigenvalue weighted by Gasteiger charge is 2.35. The molecular weight excluding hydrogens is 503 g/mol. The van der Waals surface area contributed by atoms with Crippen molar-refractivity contribution in [2.45, 2.75) is 43.3 Å². The van der Waals surface area contributed by atoms with Crippen molar-refractivity contribution in [1.29, 1.82) is 0 Å². The van der Waals surface area contributed by atoms with Gasteiger partial charge in [0, 0.05) is 10.8 Å². The number of carboxylic acid groups (broad SMARTS) is 1. The first-order valence-electron chi connectivity index (χ1n) is 8.74. The standard InChI is InChI=1S/C19H17BrF3N3O2S2/c1-8(2)29-17-14(11-6-5-9(3)7-12(11)19(21,22)23)24-18(30-17)26-15(16(27)28)13(20)10(4)25-26/h5-8H,1-4H3,(H,27,28). The molecule has 2 heterocycles. The lowest BCUT2D eigenvalue weighted by Crippen LogP contribution is -2.09. The number of carbonyl (C=O) groups is 1. The zero-order chi connectivity index (χ0) is 22.4. The summed E-state index contributed by atoms with van der Waals surface area (Å²) in [6.45, 7) is 7.07. The van der Waals surface area contributed by atoms with Gasteiger partial charge in [0.2, 0.25) is 5.13 Å². The molecule has 0 bridgehead atoms. The molecule has 160 valence electrons. The maximum absolute atomic E-state index is 13.7. The third-order valence-electron chi connectivity index (χ3n) is 4.03. The zero-order valence-corrected chi connectivity index (χ0v) is 19.6. The van der Waals surface area contributed by atoms with Crippen molar-refractivity contribution < 1.29 is 23.1 Å². The molecule has 0 radical (unpaired) electrons. The number of aryl methyl sites for hydroxylation is 2. The number of rotatable bonds is 5. The Labute approximate surface area is 187 Å². The lowest BCUT2D eigenvalue weighted by molar-refractivity contribution is -0.137. The van der Waals surface area contributed by atoms with Crippen LogP contribution in [0, 0.1) is 13.8 Å². The van der Waals surface area contributed by atoms with Crippen LogP contribution in [-0.2, 0) is 6.18 Å². The Morgan fingerprint density at radius 1 is 1.30 bits per heavy atom. The number of halogens is 4. The zero-order valence-electron chi connectivity index (χ0n) is 16.3. The number of aromatic carboxylic acids is 1. The Morgan fingerprint density at radius 3 is 2.53 bits per heavy atom. The van der Waals surface area contributed by atoms with Crippen molar-refractivity contribution >= 4 is 45.0 Å². The third-order valence-corrected chi connectivity index (χ3v) is 7.23. The molecule has 0 atom stereocenters. The van der Waals surface area contributed by atoms with E-state index in [0.717, 1.165) is 22.1 Å². The average molecular weight is 520 g/mol. The van der Waals surface area contributed by atoms with Crippen LogP contribution in [0.25, 0.3) is 16.4 Å². The summed E-state index contributed by atoms with van der Waals surface area (Å²) in [6, 6.07) is 4.10. The highest BCUT2D eigenvalue weighted by Crippen LogP contribution is 2.44. The van der Waals surface area contributed by atoms with Gasteiger partial charge in [-0.3, -0.25) is 0 Å².